The van der Waals surface area contributed by atoms with Crippen LogP contribution in [0.1, 0.15) is 24.4 Å². The summed E-state index contributed by atoms with van der Waals surface area (Å²) in [6.45, 7) is 3.57. The molecule has 2 aromatic heterocycles. The summed E-state index contributed by atoms with van der Waals surface area (Å²) in [6, 6.07) is 7.83. The van der Waals surface area contributed by atoms with Gasteiger partial charge in [0.05, 0.1) is 23.3 Å². The van der Waals surface area contributed by atoms with E-state index in [-0.39, 0.29) is 35.4 Å². The molecule has 29 heavy (non-hydrogen) atoms. The van der Waals surface area contributed by atoms with E-state index in [4.69, 9.17) is 13.6 Å². The van der Waals surface area contributed by atoms with Crippen LogP contribution in [0.25, 0.3) is 11.5 Å². The average molecular weight is 419 g/mol. The van der Waals surface area contributed by atoms with Gasteiger partial charge in [-0.1, -0.05) is 5.10 Å². The molecule has 0 unspecified atom stereocenters. The molecule has 9 nitrogen and oxygen atoms in total. The number of benzene rings is 1. The number of aryl methyl sites for hydroxylation is 2. The van der Waals surface area contributed by atoms with Gasteiger partial charge in [0.2, 0.25) is 5.91 Å². The van der Waals surface area contributed by atoms with Crippen molar-refractivity contribution < 1.29 is 26.8 Å². The summed E-state index contributed by atoms with van der Waals surface area (Å²) in [5.41, 5.74) is 0.654. The number of anilines is 1. The van der Waals surface area contributed by atoms with Crippen molar-refractivity contribution >= 4 is 21.8 Å². The summed E-state index contributed by atoms with van der Waals surface area (Å²) >= 11 is 0. The molecule has 0 saturated heterocycles. The Hall–Kier alpha value is -3.14. The van der Waals surface area contributed by atoms with E-state index in [2.05, 4.69) is 15.5 Å². The maximum Gasteiger partial charge on any atom is 0.322 e. The smallest absolute Gasteiger partial charge is 0.322 e. The minimum Gasteiger partial charge on any atom is -0.497 e. The minimum absolute atomic E-state index is 0.00303. The Labute approximate surface area is 168 Å². The van der Waals surface area contributed by atoms with Crippen LogP contribution in [0.3, 0.4) is 0 Å². The van der Waals surface area contributed by atoms with Crippen LogP contribution >= 0.6 is 0 Å². The van der Waals surface area contributed by atoms with Gasteiger partial charge in [-0.2, -0.15) is 0 Å². The molecule has 0 spiro atoms. The summed E-state index contributed by atoms with van der Waals surface area (Å²) < 4.78 is 40.5. The molecule has 0 radical (unpaired) electrons. The number of nitrogens with one attached hydrogen (secondary N) is 1. The van der Waals surface area contributed by atoms with Crippen LogP contribution < -0.4 is 10.1 Å². The highest BCUT2D eigenvalue weighted by molar-refractivity contribution is 7.91. The number of furan rings is 1. The van der Waals surface area contributed by atoms with E-state index in [1.807, 2.05) is 0 Å². The lowest BCUT2D eigenvalue weighted by Crippen LogP contribution is -2.14. The Morgan fingerprint density at radius 3 is 2.48 bits per heavy atom. The lowest BCUT2D eigenvalue weighted by Gasteiger charge is -2.05. The predicted octanol–water partition coefficient (Wildman–Crippen LogP) is 3.15. The number of nitrogens with zero attached hydrogens (tertiary/aromatic N) is 2. The largest absolute Gasteiger partial charge is 0.497 e. The number of hydrogen-bond donors (Lipinski definition) is 1. The molecule has 154 valence electrons. The molecule has 0 aliphatic rings. The zero-order valence-corrected chi connectivity index (χ0v) is 17.1. The fourth-order valence-electron chi connectivity index (χ4n) is 2.73. The van der Waals surface area contributed by atoms with Gasteiger partial charge >= 0.3 is 6.01 Å². The maximum atomic E-state index is 12.3. The van der Waals surface area contributed by atoms with E-state index < -0.39 is 15.7 Å². The molecule has 0 atom stereocenters. The molecule has 1 N–H and O–H groups in total. The summed E-state index contributed by atoms with van der Waals surface area (Å²) in [5, 5.41) is 10.2. The number of sulfone groups is 1. The molecule has 10 heteroatoms. The van der Waals surface area contributed by atoms with Crippen LogP contribution in [-0.4, -0.2) is 37.4 Å². The number of amides is 1. The van der Waals surface area contributed by atoms with Gasteiger partial charge in [0.1, 0.15) is 17.3 Å². The van der Waals surface area contributed by atoms with E-state index in [1.54, 1.807) is 32.0 Å². The first-order valence-corrected chi connectivity index (χ1v) is 10.5. The van der Waals surface area contributed by atoms with Gasteiger partial charge in [0, 0.05) is 6.42 Å². The fourth-order valence-corrected chi connectivity index (χ4v) is 4.04. The van der Waals surface area contributed by atoms with Gasteiger partial charge in [-0.25, -0.2) is 8.42 Å². The second-order valence-electron chi connectivity index (χ2n) is 6.39. The van der Waals surface area contributed by atoms with Crippen LogP contribution in [0.5, 0.6) is 5.75 Å². The normalized spacial score (nSPS) is 11.4. The van der Waals surface area contributed by atoms with Crippen molar-refractivity contribution in [2.24, 2.45) is 0 Å². The third kappa shape index (κ3) is 5.02. The standard InChI is InChI=1S/C19H21N3O6S/c1-12-11-16(13(2)27-12)18-21-22-19(28-18)20-17(23)5-4-10-29(24,25)15-8-6-14(26-3)7-9-15/h6-9,11H,4-5,10H2,1-3H3,(H,20,22,23). The monoisotopic (exact) mass is 419 g/mol. The molecule has 3 rings (SSSR count). The summed E-state index contributed by atoms with van der Waals surface area (Å²) in [7, 11) is -1.98. The summed E-state index contributed by atoms with van der Waals surface area (Å²) in [6.07, 6.45) is 0.151. The molecule has 1 aromatic carbocycles. The minimum atomic E-state index is -3.49. The van der Waals surface area contributed by atoms with Crippen molar-refractivity contribution in [1.29, 1.82) is 0 Å². The number of ether oxygens (including phenoxy) is 1. The number of hydrogen-bond acceptors (Lipinski definition) is 8. The zero-order valence-electron chi connectivity index (χ0n) is 16.3. The highest BCUT2D eigenvalue weighted by Gasteiger charge is 2.18. The topological polar surface area (TPSA) is 125 Å². The van der Waals surface area contributed by atoms with E-state index in [0.717, 1.165) is 0 Å². The Kier molecular flexibility index (Phi) is 6.02. The quantitative estimate of drug-likeness (QED) is 0.590. The van der Waals surface area contributed by atoms with Gasteiger partial charge in [-0.15, -0.1) is 5.10 Å². The SMILES string of the molecule is COc1ccc(S(=O)(=O)CCCC(=O)Nc2nnc(-c3cc(C)oc3C)o2)cc1. The van der Waals surface area contributed by atoms with Crippen molar-refractivity contribution in [3.63, 3.8) is 0 Å². The van der Waals surface area contributed by atoms with Crippen molar-refractivity contribution in [2.45, 2.75) is 31.6 Å². The van der Waals surface area contributed by atoms with E-state index >= 15 is 0 Å². The third-order valence-corrected chi connectivity index (χ3v) is 5.99. The molecule has 0 aliphatic heterocycles. The van der Waals surface area contributed by atoms with Crippen molar-refractivity contribution in [1.82, 2.24) is 10.2 Å². The first-order chi connectivity index (χ1) is 13.8. The Balaban J connectivity index is 1.53. The van der Waals surface area contributed by atoms with Crippen molar-refractivity contribution in [3.05, 3.63) is 41.9 Å². The molecule has 3 aromatic rings. The first kappa shape index (κ1) is 20.6. The van der Waals surface area contributed by atoms with Crippen molar-refractivity contribution in [2.75, 3.05) is 18.2 Å². The van der Waals surface area contributed by atoms with Gasteiger partial charge in [0.25, 0.3) is 5.89 Å². The average Bonchev–Trinajstić information content (AvgIpc) is 3.27. The van der Waals surface area contributed by atoms with Crippen LogP contribution in [0.2, 0.25) is 0 Å². The Morgan fingerprint density at radius 1 is 1.14 bits per heavy atom. The highest BCUT2D eigenvalue weighted by atomic mass is 32.2. The zero-order chi connectivity index (χ0) is 21.0. The van der Waals surface area contributed by atoms with E-state index in [1.165, 1.54) is 19.2 Å². The molecule has 1 amide bonds. The molecular weight excluding hydrogens is 398 g/mol. The summed E-state index contributed by atoms with van der Waals surface area (Å²) in [5.74, 6) is 1.58. The summed E-state index contributed by atoms with van der Waals surface area (Å²) in [4.78, 5) is 12.3. The molecular formula is C19H21N3O6S. The first-order valence-electron chi connectivity index (χ1n) is 8.86. The van der Waals surface area contributed by atoms with Gasteiger partial charge in [-0.05, 0) is 50.6 Å². The van der Waals surface area contributed by atoms with Gasteiger partial charge in [0.15, 0.2) is 9.84 Å². The number of rotatable bonds is 8. The second-order valence-corrected chi connectivity index (χ2v) is 8.49. The highest BCUT2D eigenvalue weighted by Crippen LogP contribution is 2.26. The lowest BCUT2D eigenvalue weighted by molar-refractivity contribution is -0.116. The molecule has 0 aliphatic carbocycles. The van der Waals surface area contributed by atoms with Crippen LogP contribution in [0.4, 0.5) is 6.01 Å². The Morgan fingerprint density at radius 2 is 1.86 bits per heavy atom. The molecule has 0 saturated carbocycles. The fraction of sp³-hybridized carbons (Fsp3) is 0.316. The Bertz CT molecular complexity index is 1100. The van der Waals surface area contributed by atoms with Gasteiger partial charge < -0.3 is 13.6 Å². The maximum absolute atomic E-state index is 12.3. The molecule has 2 heterocycles. The van der Waals surface area contributed by atoms with E-state index in [9.17, 15) is 13.2 Å². The second kappa shape index (κ2) is 8.48. The molecule has 0 bridgehead atoms. The number of methoxy groups -OCH3 is 1. The lowest BCUT2D eigenvalue weighted by atomic mass is 10.2. The van der Waals surface area contributed by atoms with Crippen LogP contribution in [0, 0.1) is 13.8 Å². The van der Waals surface area contributed by atoms with Gasteiger partial charge in [-0.3, -0.25) is 10.1 Å². The number of carbonyl (C=O) groups is 1. The predicted molar refractivity (Wildman–Crippen MR) is 104 cm³/mol. The number of carbonyl (C=O) groups excluding carboxylic acids is 1. The van der Waals surface area contributed by atoms with Crippen LogP contribution in [0.15, 0.2) is 44.1 Å². The third-order valence-electron chi connectivity index (χ3n) is 4.18. The number of aromatic nitrogens is 2. The van der Waals surface area contributed by atoms with Crippen LogP contribution in [-0.2, 0) is 14.6 Å². The van der Waals surface area contributed by atoms with Crippen molar-refractivity contribution in [3.8, 4) is 17.2 Å². The molecule has 0 fully saturated rings. The van der Waals surface area contributed by atoms with E-state index in [0.29, 0.717) is 22.8 Å².